The summed E-state index contributed by atoms with van der Waals surface area (Å²) in [6.07, 6.45) is -1.41. The first-order chi connectivity index (χ1) is 16.2. The molecule has 0 atom stereocenters. The molecule has 34 heavy (non-hydrogen) atoms. The second-order valence-corrected chi connectivity index (χ2v) is 9.35. The molecule has 4 rings (SSSR count). The Kier molecular flexibility index (Phi) is 6.52. The molecule has 0 saturated carbocycles. The molecule has 1 aromatic carbocycles. The molecule has 0 spiro atoms. The Morgan fingerprint density at radius 3 is 2.44 bits per heavy atom. The van der Waals surface area contributed by atoms with Gasteiger partial charge in [-0.05, 0) is 37.1 Å². The number of anilines is 1. The number of aromatic nitrogens is 3. The number of nitrogens with zero attached hydrogens (tertiary/aromatic N) is 4. The zero-order valence-electron chi connectivity index (χ0n) is 17.5. The van der Waals surface area contributed by atoms with E-state index in [4.69, 9.17) is 4.52 Å². The van der Waals surface area contributed by atoms with Gasteiger partial charge in [-0.15, -0.1) is 0 Å². The number of hydrogen-bond donors (Lipinski definition) is 2. The van der Waals surface area contributed by atoms with Crippen LogP contribution in [-0.2, 0) is 21.0 Å². The van der Waals surface area contributed by atoms with Crippen LogP contribution in [0.5, 0.6) is 0 Å². The van der Waals surface area contributed by atoms with E-state index in [-0.39, 0.29) is 37.8 Å². The maximum atomic E-state index is 13.3. The molecule has 10 nitrogen and oxygen atoms in total. The number of carbonyl (C=O) groups excluding carboxylic acids is 1. The predicted octanol–water partition coefficient (Wildman–Crippen LogP) is 2.69. The molecule has 1 saturated heterocycles. The number of nitrogens with one attached hydrogen (secondary N) is 2. The van der Waals surface area contributed by atoms with Gasteiger partial charge in [0.05, 0.1) is 10.5 Å². The van der Waals surface area contributed by atoms with Gasteiger partial charge < -0.3 is 4.52 Å². The van der Waals surface area contributed by atoms with E-state index in [9.17, 15) is 26.4 Å². The Bertz CT molecular complexity index is 1260. The highest BCUT2D eigenvalue weighted by molar-refractivity contribution is 7.89. The first-order valence-electron chi connectivity index (χ1n) is 10.1. The van der Waals surface area contributed by atoms with Crippen LogP contribution in [0.25, 0.3) is 11.4 Å². The van der Waals surface area contributed by atoms with Crippen molar-refractivity contribution in [2.75, 3.05) is 18.5 Å². The van der Waals surface area contributed by atoms with E-state index in [2.05, 4.69) is 26.0 Å². The maximum absolute atomic E-state index is 13.3. The Balaban J connectivity index is 1.34. The molecular formula is C20H19F3N6O4S. The number of pyridine rings is 1. The minimum atomic E-state index is -4.81. The van der Waals surface area contributed by atoms with E-state index in [0.717, 1.165) is 22.5 Å². The highest BCUT2D eigenvalue weighted by atomic mass is 32.2. The van der Waals surface area contributed by atoms with E-state index in [1.54, 1.807) is 24.5 Å². The third kappa shape index (κ3) is 5.02. The van der Waals surface area contributed by atoms with Crippen molar-refractivity contribution in [1.29, 1.82) is 0 Å². The van der Waals surface area contributed by atoms with Crippen molar-refractivity contribution in [3.05, 3.63) is 54.4 Å². The zero-order valence-corrected chi connectivity index (χ0v) is 18.3. The third-order valence-electron chi connectivity index (χ3n) is 5.29. The number of amides is 1. The third-order valence-corrected chi connectivity index (χ3v) is 7.25. The summed E-state index contributed by atoms with van der Waals surface area (Å²) in [5.74, 6) is -0.701. The Labute approximate surface area is 192 Å². The molecule has 1 aliphatic rings. The van der Waals surface area contributed by atoms with Crippen molar-refractivity contribution in [2.45, 2.75) is 23.9 Å². The summed E-state index contributed by atoms with van der Waals surface area (Å²) in [4.78, 5) is 19.7. The highest BCUT2D eigenvalue weighted by Gasteiger charge is 2.40. The molecule has 180 valence electrons. The molecule has 3 aromatic rings. The normalized spacial score (nSPS) is 15.7. The largest absolute Gasteiger partial charge is 0.417 e. The second-order valence-electron chi connectivity index (χ2n) is 7.45. The van der Waals surface area contributed by atoms with Gasteiger partial charge in [0.2, 0.25) is 21.8 Å². The first kappa shape index (κ1) is 23.6. The first-order valence-corrected chi connectivity index (χ1v) is 11.6. The lowest BCUT2D eigenvalue weighted by atomic mass is 9.98. The Morgan fingerprint density at radius 1 is 1.09 bits per heavy atom. The number of benzene rings is 1. The van der Waals surface area contributed by atoms with Crippen LogP contribution in [0, 0.1) is 5.92 Å². The van der Waals surface area contributed by atoms with Gasteiger partial charge in [-0.2, -0.15) is 22.5 Å². The molecule has 1 fully saturated rings. The van der Waals surface area contributed by atoms with Gasteiger partial charge in [0.25, 0.3) is 0 Å². The fourth-order valence-corrected chi connectivity index (χ4v) is 5.21. The van der Waals surface area contributed by atoms with Gasteiger partial charge in [-0.3, -0.25) is 15.2 Å². The summed E-state index contributed by atoms with van der Waals surface area (Å²) in [6.45, 7) is -0.196. The second kappa shape index (κ2) is 9.38. The molecule has 14 heteroatoms. The fourth-order valence-electron chi connectivity index (χ4n) is 3.53. The molecule has 2 N–H and O–H groups in total. The van der Waals surface area contributed by atoms with E-state index in [1.807, 2.05) is 0 Å². The van der Waals surface area contributed by atoms with Gasteiger partial charge in [0, 0.05) is 37.0 Å². The zero-order chi connectivity index (χ0) is 24.3. The smallest absolute Gasteiger partial charge is 0.313 e. The molecule has 0 radical (unpaired) electrons. The molecular weight excluding hydrogens is 477 g/mol. The van der Waals surface area contributed by atoms with Crippen LogP contribution in [0.15, 0.2) is 58.2 Å². The summed E-state index contributed by atoms with van der Waals surface area (Å²) < 4.78 is 71.5. The van der Waals surface area contributed by atoms with Crippen molar-refractivity contribution in [1.82, 2.24) is 24.9 Å². The molecule has 2 aromatic heterocycles. The number of sulfonamides is 1. The SMILES string of the molecule is O=C(NNc1nc(-c2ccncc2)no1)C1CCN(S(=O)(=O)c2ccccc2C(F)(F)F)CC1. The summed E-state index contributed by atoms with van der Waals surface area (Å²) in [5, 5.41) is 3.79. The number of alkyl halides is 3. The van der Waals surface area contributed by atoms with Crippen LogP contribution in [0.4, 0.5) is 19.2 Å². The predicted molar refractivity (Wildman–Crippen MR) is 112 cm³/mol. The topological polar surface area (TPSA) is 130 Å². The average Bonchev–Trinajstić information content (AvgIpc) is 3.32. The number of hydrazine groups is 1. The number of piperidine rings is 1. The Morgan fingerprint density at radius 2 is 1.76 bits per heavy atom. The molecule has 1 amide bonds. The summed E-state index contributed by atoms with van der Waals surface area (Å²) in [7, 11) is -4.38. The minimum Gasteiger partial charge on any atom is -0.313 e. The van der Waals surface area contributed by atoms with Crippen LogP contribution >= 0.6 is 0 Å². The van der Waals surface area contributed by atoms with Crippen molar-refractivity contribution in [3.8, 4) is 11.4 Å². The average molecular weight is 496 g/mol. The van der Waals surface area contributed by atoms with Crippen LogP contribution in [0.3, 0.4) is 0 Å². The lowest BCUT2D eigenvalue weighted by Crippen LogP contribution is -2.44. The van der Waals surface area contributed by atoms with E-state index in [0.29, 0.717) is 5.56 Å². The van der Waals surface area contributed by atoms with Crippen molar-refractivity contribution >= 4 is 21.9 Å². The van der Waals surface area contributed by atoms with Gasteiger partial charge in [-0.1, -0.05) is 17.3 Å². The van der Waals surface area contributed by atoms with Crippen LogP contribution in [0.1, 0.15) is 18.4 Å². The van der Waals surface area contributed by atoms with Crippen LogP contribution in [0.2, 0.25) is 0 Å². The van der Waals surface area contributed by atoms with Gasteiger partial charge in [0.15, 0.2) is 0 Å². The van der Waals surface area contributed by atoms with Crippen molar-refractivity contribution in [3.63, 3.8) is 0 Å². The summed E-state index contributed by atoms with van der Waals surface area (Å²) >= 11 is 0. The summed E-state index contributed by atoms with van der Waals surface area (Å²) in [5.41, 5.74) is 4.39. The van der Waals surface area contributed by atoms with E-state index >= 15 is 0 Å². The van der Waals surface area contributed by atoms with Crippen LogP contribution < -0.4 is 10.9 Å². The molecule has 3 heterocycles. The number of carbonyl (C=O) groups is 1. The summed E-state index contributed by atoms with van der Waals surface area (Å²) in [6, 6.07) is 7.36. The monoisotopic (exact) mass is 496 g/mol. The number of rotatable bonds is 6. The lowest BCUT2D eigenvalue weighted by molar-refractivity contribution is -0.139. The van der Waals surface area contributed by atoms with Crippen LogP contribution in [-0.4, -0.2) is 46.8 Å². The number of halogens is 3. The standard InChI is InChI=1S/C20H19F3N6O4S/c21-20(22,23)15-3-1-2-4-16(15)34(31,32)29-11-7-14(8-12-29)18(30)26-27-19-25-17(28-33-19)13-5-9-24-10-6-13/h1-6,9-10,14H,7-8,11-12H2,(H,26,30)(H,25,27,28). The molecule has 1 aliphatic heterocycles. The van der Waals surface area contributed by atoms with Gasteiger partial charge in [0.1, 0.15) is 0 Å². The minimum absolute atomic E-state index is 0.0519. The highest BCUT2D eigenvalue weighted by Crippen LogP contribution is 2.36. The maximum Gasteiger partial charge on any atom is 0.417 e. The van der Waals surface area contributed by atoms with E-state index in [1.165, 1.54) is 6.07 Å². The molecule has 0 aliphatic carbocycles. The molecule has 0 bridgehead atoms. The Hall–Kier alpha value is -3.52. The van der Waals surface area contributed by atoms with Gasteiger partial charge in [-0.25, -0.2) is 13.8 Å². The van der Waals surface area contributed by atoms with E-state index < -0.39 is 38.5 Å². The number of hydrogen-bond acceptors (Lipinski definition) is 8. The quantitative estimate of drug-likeness (QED) is 0.498. The fraction of sp³-hybridized carbons (Fsp3) is 0.300. The van der Waals surface area contributed by atoms with Crippen molar-refractivity contribution in [2.24, 2.45) is 5.92 Å². The molecule has 0 unspecified atom stereocenters. The lowest BCUT2D eigenvalue weighted by Gasteiger charge is -2.31. The van der Waals surface area contributed by atoms with Gasteiger partial charge >= 0.3 is 12.2 Å². The van der Waals surface area contributed by atoms with Crippen molar-refractivity contribution < 1.29 is 30.9 Å².